The quantitative estimate of drug-likeness (QED) is 0.498. The molecule has 0 unspecified atom stereocenters. The minimum absolute atomic E-state index is 0.0637. The molecule has 0 bridgehead atoms. The van der Waals surface area contributed by atoms with Crippen LogP contribution in [0.4, 0.5) is 0 Å². The van der Waals surface area contributed by atoms with Crippen molar-refractivity contribution in [2.45, 2.75) is 4.90 Å². The van der Waals surface area contributed by atoms with Crippen LogP contribution in [0.15, 0.2) is 17.0 Å². The first kappa shape index (κ1) is 10.7. The van der Waals surface area contributed by atoms with Crippen LogP contribution in [0, 0.1) is 0 Å². The van der Waals surface area contributed by atoms with E-state index in [0.29, 0.717) is 9.92 Å². The third kappa shape index (κ3) is 2.11. The van der Waals surface area contributed by atoms with Crippen molar-refractivity contribution < 1.29 is 15.2 Å². The Bertz CT molecular complexity index is 319. The summed E-state index contributed by atoms with van der Waals surface area (Å²) in [5.74, 6) is -0.171. The van der Waals surface area contributed by atoms with Gasteiger partial charge in [0.15, 0.2) is 0 Å². The van der Waals surface area contributed by atoms with Crippen LogP contribution < -0.4 is 5.46 Å². The maximum atomic E-state index is 9.51. The van der Waals surface area contributed by atoms with E-state index in [-0.39, 0.29) is 11.2 Å². The Kier molecular flexibility index (Phi) is 3.50. The van der Waals surface area contributed by atoms with Gasteiger partial charge in [-0.1, -0.05) is 17.7 Å². The van der Waals surface area contributed by atoms with Crippen molar-refractivity contribution in [3.63, 3.8) is 0 Å². The van der Waals surface area contributed by atoms with E-state index in [1.165, 1.54) is 23.9 Å². The minimum atomic E-state index is -1.68. The zero-order chi connectivity index (χ0) is 10.0. The number of hydrogen-bond acceptors (Lipinski definition) is 4. The standard InChI is InChI=1S/C7H8BClO3S/c1-13-7-5(9)3-2-4(6(7)10)8(11)12/h2-3,10-12H,1H3. The molecule has 0 heterocycles. The van der Waals surface area contributed by atoms with Gasteiger partial charge in [0.2, 0.25) is 0 Å². The van der Waals surface area contributed by atoms with Gasteiger partial charge in [0.1, 0.15) is 5.75 Å². The summed E-state index contributed by atoms with van der Waals surface area (Å²) in [5.41, 5.74) is 0.0637. The van der Waals surface area contributed by atoms with E-state index in [0.717, 1.165) is 0 Å². The highest BCUT2D eigenvalue weighted by molar-refractivity contribution is 7.98. The number of halogens is 1. The van der Waals surface area contributed by atoms with Gasteiger partial charge >= 0.3 is 7.12 Å². The Hall–Kier alpha value is -0.355. The first-order chi connectivity index (χ1) is 6.07. The van der Waals surface area contributed by atoms with Gasteiger partial charge in [0, 0.05) is 5.46 Å². The molecule has 0 radical (unpaired) electrons. The molecule has 3 N–H and O–H groups in total. The van der Waals surface area contributed by atoms with Gasteiger partial charge in [0.25, 0.3) is 0 Å². The summed E-state index contributed by atoms with van der Waals surface area (Å²) in [6, 6.07) is 2.89. The second-order valence-electron chi connectivity index (χ2n) is 2.39. The highest BCUT2D eigenvalue weighted by Gasteiger charge is 2.19. The predicted octanol–water partition coefficient (Wildman–Crippen LogP) is 0.447. The second kappa shape index (κ2) is 4.24. The van der Waals surface area contributed by atoms with E-state index < -0.39 is 7.12 Å². The monoisotopic (exact) mass is 218 g/mol. The molecule has 0 amide bonds. The van der Waals surface area contributed by atoms with Crippen molar-refractivity contribution >= 4 is 35.9 Å². The fourth-order valence-electron chi connectivity index (χ4n) is 0.964. The average Bonchev–Trinajstić information content (AvgIpc) is 2.04. The zero-order valence-electron chi connectivity index (χ0n) is 6.86. The van der Waals surface area contributed by atoms with Crippen LogP contribution in [0.2, 0.25) is 5.02 Å². The third-order valence-electron chi connectivity index (χ3n) is 1.60. The van der Waals surface area contributed by atoms with Crippen molar-refractivity contribution in [3.8, 4) is 5.75 Å². The molecule has 0 atom stereocenters. The fourth-order valence-corrected chi connectivity index (χ4v) is 1.92. The van der Waals surface area contributed by atoms with Crippen molar-refractivity contribution in [1.29, 1.82) is 0 Å². The number of benzene rings is 1. The van der Waals surface area contributed by atoms with E-state index in [1.807, 2.05) is 0 Å². The number of aromatic hydroxyl groups is 1. The Balaban J connectivity index is 3.27. The number of rotatable bonds is 2. The maximum absolute atomic E-state index is 9.51. The number of thioether (sulfide) groups is 1. The molecule has 0 aliphatic rings. The van der Waals surface area contributed by atoms with Crippen molar-refractivity contribution in [2.75, 3.05) is 6.26 Å². The first-order valence-corrected chi connectivity index (χ1v) is 5.09. The lowest BCUT2D eigenvalue weighted by Crippen LogP contribution is -2.30. The summed E-state index contributed by atoms with van der Waals surface area (Å²) in [4.78, 5) is 0.451. The van der Waals surface area contributed by atoms with E-state index in [2.05, 4.69) is 0 Å². The summed E-state index contributed by atoms with van der Waals surface area (Å²) >= 11 is 7.01. The fraction of sp³-hybridized carbons (Fsp3) is 0.143. The Morgan fingerprint density at radius 3 is 2.46 bits per heavy atom. The number of hydrogen-bond donors (Lipinski definition) is 3. The maximum Gasteiger partial charge on any atom is 0.492 e. The van der Waals surface area contributed by atoms with Gasteiger partial charge < -0.3 is 15.2 Å². The molecule has 0 fully saturated rings. The summed E-state index contributed by atoms with van der Waals surface area (Å²) in [6.07, 6.45) is 1.74. The van der Waals surface area contributed by atoms with Crippen molar-refractivity contribution in [3.05, 3.63) is 17.2 Å². The molecule has 0 aromatic heterocycles. The van der Waals surface area contributed by atoms with Crippen LogP contribution in [0.5, 0.6) is 5.75 Å². The van der Waals surface area contributed by atoms with E-state index >= 15 is 0 Å². The Morgan fingerprint density at radius 2 is 2.00 bits per heavy atom. The molecule has 0 saturated heterocycles. The van der Waals surface area contributed by atoms with Gasteiger partial charge in [-0.05, 0) is 12.3 Å². The molecule has 0 aliphatic heterocycles. The molecule has 0 spiro atoms. The molecule has 3 nitrogen and oxygen atoms in total. The minimum Gasteiger partial charge on any atom is -0.507 e. The summed E-state index contributed by atoms with van der Waals surface area (Å²) in [7, 11) is -1.68. The molecule has 13 heavy (non-hydrogen) atoms. The second-order valence-corrected chi connectivity index (χ2v) is 3.62. The van der Waals surface area contributed by atoms with E-state index in [4.69, 9.17) is 21.6 Å². The first-order valence-electron chi connectivity index (χ1n) is 3.49. The third-order valence-corrected chi connectivity index (χ3v) is 2.85. The number of phenols is 1. The van der Waals surface area contributed by atoms with Crippen LogP contribution >= 0.6 is 23.4 Å². The largest absolute Gasteiger partial charge is 0.507 e. The number of phenolic OH excluding ortho intramolecular Hbond substituents is 1. The van der Waals surface area contributed by atoms with Gasteiger partial charge in [-0.3, -0.25) is 0 Å². The lowest BCUT2D eigenvalue weighted by atomic mass is 9.79. The summed E-state index contributed by atoms with van der Waals surface area (Å²) in [6.45, 7) is 0. The Labute approximate surface area is 85.5 Å². The average molecular weight is 218 g/mol. The van der Waals surface area contributed by atoms with E-state index in [1.54, 1.807) is 6.26 Å². The highest BCUT2D eigenvalue weighted by Crippen LogP contribution is 2.32. The molecular formula is C7H8BClO3S. The molecule has 0 aliphatic carbocycles. The topological polar surface area (TPSA) is 60.7 Å². The SMILES string of the molecule is CSc1c(Cl)ccc(B(O)O)c1O. The zero-order valence-corrected chi connectivity index (χ0v) is 8.43. The van der Waals surface area contributed by atoms with Crippen LogP contribution in [0.3, 0.4) is 0 Å². The molecule has 1 aromatic carbocycles. The normalized spacial score (nSPS) is 10.2. The molecule has 6 heteroatoms. The van der Waals surface area contributed by atoms with Crippen molar-refractivity contribution in [1.82, 2.24) is 0 Å². The van der Waals surface area contributed by atoms with E-state index in [9.17, 15) is 5.11 Å². The molecular weight excluding hydrogens is 210 g/mol. The lowest BCUT2D eigenvalue weighted by Gasteiger charge is -2.08. The van der Waals surface area contributed by atoms with Crippen LogP contribution in [-0.2, 0) is 0 Å². The summed E-state index contributed by atoms with van der Waals surface area (Å²) < 4.78 is 0. The highest BCUT2D eigenvalue weighted by atomic mass is 35.5. The van der Waals surface area contributed by atoms with Gasteiger partial charge in [-0.2, -0.15) is 0 Å². The lowest BCUT2D eigenvalue weighted by molar-refractivity contribution is 0.417. The van der Waals surface area contributed by atoms with Crippen molar-refractivity contribution in [2.24, 2.45) is 0 Å². The van der Waals surface area contributed by atoms with Gasteiger partial charge in [-0.25, -0.2) is 0 Å². The molecule has 70 valence electrons. The predicted molar refractivity (Wildman–Crippen MR) is 54.7 cm³/mol. The van der Waals surface area contributed by atoms with Crippen LogP contribution in [0.25, 0.3) is 0 Å². The summed E-state index contributed by atoms with van der Waals surface area (Å²) in [5, 5.41) is 27.6. The van der Waals surface area contributed by atoms with Crippen LogP contribution in [-0.4, -0.2) is 28.5 Å². The molecule has 1 rings (SSSR count). The van der Waals surface area contributed by atoms with Gasteiger partial charge in [-0.15, -0.1) is 11.8 Å². The smallest absolute Gasteiger partial charge is 0.492 e. The molecule has 0 saturated carbocycles. The Morgan fingerprint density at radius 1 is 1.38 bits per heavy atom. The van der Waals surface area contributed by atoms with Gasteiger partial charge in [0.05, 0.1) is 9.92 Å². The molecule has 1 aromatic rings. The van der Waals surface area contributed by atoms with Crippen LogP contribution in [0.1, 0.15) is 0 Å².